The lowest BCUT2D eigenvalue weighted by Gasteiger charge is -2.12. The summed E-state index contributed by atoms with van der Waals surface area (Å²) in [5.41, 5.74) is 3.10. The number of aliphatic imine (C=N–C) groups is 1. The summed E-state index contributed by atoms with van der Waals surface area (Å²) in [6.45, 7) is 5.02. The predicted octanol–water partition coefficient (Wildman–Crippen LogP) is 3.12. The number of thioether (sulfide) groups is 1. The van der Waals surface area contributed by atoms with Gasteiger partial charge < -0.3 is 10.2 Å². The molecule has 1 fully saturated rings. The van der Waals surface area contributed by atoms with Gasteiger partial charge in [-0.3, -0.25) is 0 Å². The average Bonchev–Trinajstić information content (AvgIpc) is 2.77. The van der Waals surface area contributed by atoms with Crippen molar-refractivity contribution in [1.29, 1.82) is 0 Å². The molecule has 1 aromatic rings. The standard InChI is InChI=1S/C14H19N3OS/c1-4-11-7-5-6-10(2)12(11)15-13(18)16-14-17(3)8-9-19-14/h5-7H,4,8-9H2,1-3H3,(H,15,18)/b16-14+. The number of anilines is 1. The lowest BCUT2D eigenvalue weighted by molar-refractivity contribution is 0.259. The highest BCUT2D eigenvalue weighted by atomic mass is 32.2. The Hall–Kier alpha value is -1.49. The number of nitrogens with one attached hydrogen (secondary N) is 1. The summed E-state index contributed by atoms with van der Waals surface area (Å²) < 4.78 is 0. The number of rotatable bonds is 2. The van der Waals surface area contributed by atoms with Crippen LogP contribution in [0.1, 0.15) is 18.1 Å². The van der Waals surface area contributed by atoms with Crippen molar-refractivity contribution in [2.45, 2.75) is 20.3 Å². The molecule has 0 bridgehead atoms. The molecule has 1 saturated heterocycles. The maximum Gasteiger partial charge on any atom is 0.347 e. The first-order valence-corrected chi connectivity index (χ1v) is 7.42. The largest absolute Gasteiger partial charge is 0.353 e. The number of urea groups is 1. The highest BCUT2D eigenvalue weighted by Crippen LogP contribution is 2.22. The Balaban J connectivity index is 2.15. The van der Waals surface area contributed by atoms with E-state index in [4.69, 9.17) is 0 Å². The molecular formula is C14H19N3OS. The highest BCUT2D eigenvalue weighted by molar-refractivity contribution is 8.14. The van der Waals surface area contributed by atoms with Gasteiger partial charge in [0.05, 0.1) is 0 Å². The van der Waals surface area contributed by atoms with Crippen LogP contribution in [0.5, 0.6) is 0 Å². The molecule has 1 aliphatic rings. The van der Waals surface area contributed by atoms with Gasteiger partial charge in [0, 0.05) is 25.0 Å². The maximum atomic E-state index is 12.0. The SMILES string of the molecule is CCc1cccc(C)c1NC(=O)/N=C1/SCCN1C. The van der Waals surface area contributed by atoms with E-state index in [2.05, 4.69) is 17.2 Å². The van der Waals surface area contributed by atoms with Gasteiger partial charge in [-0.25, -0.2) is 4.79 Å². The summed E-state index contributed by atoms with van der Waals surface area (Å²) in [5.74, 6) is 0.993. The van der Waals surface area contributed by atoms with Crippen molar-refractivity contribution in [3.63, 3.8) is 0 Å². The van der Waals surface area contributed by atoms with E-state index in [-0.39, 0.29) is 6.03 Å². The number of hydrogen-bond acceptors (Lipinski definition) is 2. The second kappa shape index (κ2) is 6.10. The third kappa shape index (κ3) is 3.29. The molecule has 2 rings (SSSR count). The summed E-state index contributed by atoms with van der Waals surface area (Å²) in [5, 5.41) is 3.71. The molecule has 0 spiro atoms. The fourth-order valence-electron chi connectivity index (χ4n) is 2.02. The van der Waals surface area contributed by atoms with Crippen LogP contribution in [0, 0.1) is 6.92 Å². The van der Waals surface area contributed by atoms with Crippen LogP contribution in [-0.4, -0.2) is 35.4 Å². The van der Waals surface area contributed by atoms with Crippen LogP contribution in [0.4, 0.5) is 10.5 Å². The summed E-state index contributed by atoms with van der Waals surface area (Å²) >= 11 is 1.62. The highest BCUT2D eigenvalue weighted by Gasteiger charge is 2.17. The molecule has 0 atom stereocenters. The van der Waals surface area contributed by atoms with Gasteiger partial charge in [0.1, 0.15) is 0 Å². The van der Waals surface area contributed by atoms with Crippen LogP contribution in [0.15, 0.2) is 23.2 Å². The minimum Gasteiger partial charge on any atom is -0.353 e. The van der Waals surface area contributed by atoms with Crippen molar-refractivity contribution in [3.8, 4) is 0 Å². The van der Waals surface area contributed by atoms with E-state index in [1.807, 2.05) is 37.1 Å². The molecule has 0 saturated carbocycles. The summed E-state index contributed by atoms with van der Waals surface area (Å²) in [4.78, 5) is 18.1. The number of aryl methyl sites for hydroxylation is 2. The fourth-order valence-corrected chi connectivity index (χ4v) is 3.03. The van der Waals surface area contributed by atoms with Crippen molar-refractivity contribution >= 4 is 28.6 Å². The first-order chi connectivity index (χ1) is 9.11. The summed E-state index contributed by atoms with van der Waals surface area (Å²) in [6, 6.07) is 5.75. The van der Waals surface area contributed by atoms with E-state index in [1.54, 1.807) is 11.8 Å². The van der Waals surface area contributed by atoms with Crippen molar-refractivity contribution in [1.82, 2.24) is 4.90 Å². The first kappa shape index (κ1) is 13.9. The molecule has 0 aromatic heterocycles. The van der Waals surface area contributed by atoms with E-state index in [9.17, 15) is 4.79 Å². The van der Waals surface area contributed by atoms with E-state index in [1.165, 1.54) is 0 Å². The third-order valence-electron chi connectivity index (χ3n) is 3.15. The number of carbonyl (C=O) groups is 1. The van der Waals surface area contributed by atoms with Gasteiger partial charge in [-0.15, -0.1) is 0 Å². The van der Waals surface area contributed by atoms with Gasteiger partial charge in [0.15, 0.2) is 5.17 Å². The van der Waals surface area contributed by atoms with Crippen LogP contribution in [0.3, 0.4) is 0 Å². The molecule has 2 amide bonds. The topological polar surface area (TPSA) is 44.7 Å². The second-order valence-corrected chi connectivity index (χ2v) is 5.62. The lowest BCUT2D eigenvalue weighted by atomic mass is 10.1. The molecule has 0 unspecified atom stereocenters. The number of nitrogens with zero attached hydrogens (tertiary/aromatic N) is 2. The molecule has 5 heteroatoms. The van der Waals surface area contributed by atoms with Gasteiger partial charge in [-0.1, -0.05) is 36.9 Å². The first-order valence-electron chi connectivity index (χ1n) is 6.44. The van der Waals surface area contributed by atoms with Crippen LogP contribution in [-0.2, 0) is 6.42 Å². The van der Waals surface area contributed by atoms with Gasteiger partial charge in [-0.2, -0.15) is 4.99 Å². The smallest absolute Gasteiger partial charge is 0.347 e. The van der Waals surface area contributed by atoms with Gasteiger partial charge in [0.25, 0.3) is 0 Å². The van der Waals surface area contributed by atoms with Crippen LogP contribution >= 0.6 is 11.8 Å². The monoisotopic (exact) mass is 277 g/mol. The van der Waals surface area contributed by atoms with Gasteiger partial charge in [-0.05, 0) is 24.5 Å². The van der Waals surface area contributed by atoms with Crippen LogP contribution in [0.25, 0.3) is 0 Å². The van der Waals surface area contributed by atoms with Crippen LogP contribution < -0.4 is 5.32 Å². The molecule has 4 nitrogen and oxygen atoms in total. The molecule has 1 N–H and O–H groups in total. The van der Waals surface area contributed by atoms with E-state index >= 15 is 0 Å². The predicted molar refractivity (Wildman–Crippen MR) is 82.1 cm³/mol. The zero-order chi connectivity index (χ0) is 13.8. The summed E-state index contributed by atoms with van der Waals surface area (Å²) in [6.07, 6.45) is 0.891. The molecule has 19 heavy (non-hydrogen) atoms. The Labute approximate surface area is 118 Å². The number of para-hydroxylation sites is 1. The van der Waals surface area contributed by atoms with E-state index in [0.29, 0.717) is 0 Å². The number of hydrogen-bond donors (Lipinski definition) is 1. The summed E-state index contributed by atoms with van der Waals surface area (Å²) in [7, 11) is 1.96. The minimum atomic E-state index is -0.291. The van der Waals surface area contributed by atoms with E-state index in [0.717, 1.165) is 40.7 Å². The van der Waals surface area contributed by atoms with Gasteiger partial charge >= 0.3 is 6.03 Å². The quantitative estimate of drug-likeness (QED) is 0.903. The van der Waals surface area contributed by atoms with E-state index < -0.39 is 0 Å². The number of amidine groups is 1. The Kier molecular flexibility index (Phi) is 4.47. The molecule has 1 aromatic carbocycles. The van der Waals surface area contributed by atoms with Crippen molar-refractivity contribution in [2.24, 2.45) is 4.99 Å². The average molecular weight is 277 g/mol. The molecule has 0 aliphatic carbocycles. The Morgan fingerprint density at radius 1 is 1.53 bits per heavy atom. The van der Waals surface area contributed by atoms with Crippen molar-refractivity contribution < 1.29 is 4.79 Å². The third-order valence-corrected chi connectivity index (χ3v) is 4.20. The number of benzene rings is 1. The number of amides is 2. The molecule has 1 heterocycles. The minimum absolute atomic E-state index is 0.291. The van der Waals surface area contributed by atoms with Crippen molar-refractivity contribution in [2.75, 3.05) is 24.7 Å². The second-order valence-electron chi connectivity index (χ2n) is 4.56. The lowest BCUT2D eigenvalue weighted by Crippen LogP contribution is -2.21. The molecule has 102 valence electrons. The maximum absolute atomic E-state index is 12.0. The zero-order valence-electron chi connectivity index (χ0n) is 11.6. The Morgan fingerprint density at radius 3 is 2.95 bits per heavy atom. The normalized spacial score (nSPS) is 17.0. The van der Waals surface area contributed by atoms with Crippen LogP contribution in [0.2, 0.25) is 0 Å². The zero-order valence-corrected chi connectivity index (χ0v) is 12.4. The Bertz CT molecular complexity index is 513. The van der Waals surface area contributed by atoms with Gasteiger partial charge in [0.2, 0.25) is 0 Å². The fraction of sp³-hybridized carbons (Fsp3) is 0.429. The Morgan fingerprint density at radius 2 is 2.32 bits per heavy atom. The molecule has 0 radical (unpaired) electrons. The molecule has 1 aliphatic heterocycles. The number of carbonyl (C=O) groups excluding carboxylic acids is 1. The van der Waals surface area contributed by atoms with Crippen molar-refractivity contribution in [3.05, 3.63) is 29.3 Å². The molecular weight excluding hydrogens is 258 g/mol.